The predicted octanol–water partition coefficient (Wildman–Crippen LogP) is -0.804. The summed E-state index contributed by atoms with van der Waals surface area (Å²) in [6.45, 7) is -5.16. The Kier molecular flexibility index (Phi) is 7.22. The van der Waals surface area contributed by atoms with Crippen molar-refractivity contribution in [1.29, 1.82) is 0 Å². The van der Waals surface area contributed by atoms with Gasteiger partial charge in [0.05, 0.1) is 42.6 Å². The first kappa shape index (κ1) is 28.3. The van der Waals surface area contributed by atoms with Gasteiger partial charge in [-0.05, 0) is 0 Å². The largest absolute Gasteiger partial charge is 0.395 e. The maximum Gasteiger partial charge on any atom is 0.280 e. The van der Waals surface area contributed by atoms with Crippen molar-refractivity contribution in [2.45, 2.75) is 47.0 Å². The summed E-state index contributed by atoms with van der Waals surface area (Å²) in [5.74, 6) is -0.105. The van der Waals surface area contributed by atoms with Crippen molar-refractivity contribution in [1.82, 2.24) is 39.0 Å². The smallest absolute Gasteiger partial charge is 0.280 e. The number of H-pyrrole nitrogens is 1. The van der Waals surface area contributed by atoms with Gasteiger partial charge in [-0.25, -0.2) is 24.3 Å². The molecule has 8 N–H and O–H groups in total. The standard InChI is InChI=1S/C20H24FN10O7PS2/c21-8-11(33)6(38-18(8)30-4-26-9-14(22)24-3-25-15(9)30)2-37-39(36,40)13-12(34)7(1-32)41-19(13)31-5-27-10-16(31)28-20(23)29-17(10)35/h3-8,11-13,18-19,32-34H,1-2H2,(H,36,40)(H2,22,24,25)(H3,23,28,29,35)/t6-,7-,8+,11-,12-,13-,18-,19-,39-/m1/s1. The molecule has 0 spiro atoms. The number of hydrogen-bond donors (Lipinski definition) is 7. The summed E-state index contributed by atoms with van der Waals surface area (Å²) in [6.07, 6.45) is -3.97. The fourth-order valence-electron chi connectivity index (χ4n) is 4.98. The summed E-state index contributed by atoms with van der Waals surface area (Å²) in [4.78, 5) is 34.7. The summed E-state index contributed by atoms with van der Waals surface area (Å²) < 4.78 is 43.1. The van der Waals surface area contributed by atoms with Gasteiger partial charge in [0.25, 0.3) is 12.1 Å². The van der Waals surface area contributed by atoms with Crippen LogP contribution in [0.25, 0.3) is 22.3 Å². The van der Waals surface area contributed by atoms with Crippen LogP contribution < -0.4 is 17.0 Å². The minimum atomic E-state index is -4.12. The molecule has 0 unspecified atom stereocenters. The number of aromatic amines is 1. The van der Waals surface area contributed by atoms with Gasteiger partial charge in [-0.1, -0.05) is 12.2 Å². The van der Waals surface area contributed by atoms with E-state index < -0.39 is 72.3 Å². The Labute approximate surface area is 238 Å². The molecule has 2 saturated heterocycles. The molecule has 4 aromatic heterocycles. The Balaban J connectivity index is 1.25. The molecule has 9 atom stereocenters. The van der Waals surface area contributed by atoms with Crippen molar-refractivity contribution in [3.05, 3.63) is 29.3 Å². The predicted molar refractivity (Wildman–Crippen MR) is 147 cm³/mol. The van der Waals surface area contributed by atoms with Crippen LogP contribution in [0.2, 0.25) is 0 Å². The van der Waals surface area contributed by atoms with E-state index in [0.717, 1.165) is 11.8 Å². The molecule has 0 aliphatic carbocycles. The summed E-state index contributed by atoms with van der Waals surface area (Å²) in [6, 6.07) is 0. The highest BCUT2D eigenvalue weighted by atomic mass is 32.7. The van der Waals surface area contributed by atoms with Crippen molar-refractivity contribution in [3.8, 4) is 0 Å². The van der Waals surface area contributed by atoms with E-state index in [9.17, 15) is 24.7 Å². The Morgan fingerprint density at radius 1 is 1.15 bits per heavy atom. The third kappa shape index (κ3) is 4.67. The molecule has 0 aromatic carbocycles. The van der Waals surface area contributed by atoms with Crippen molar-refractivity contribution in [2.24, 2.45) is 0 Å². The molecular weight excluding hydrogens is 606 g/mol. The molecule has 0 radical (unpaired) electrons. The van der Waals surface area contributed by atoms with Crippen molar-refractivity contribution in [3.63, 3.8) is 0 Å². The van der Waals surface area contributed by atoms with Gasteiger partial charge >= 0.3 is 0 Å². The maximum absolute atomic E-state index is 15.2. The van der Waals surface area contributed by atoms with Gasteiger partial charge in [0.15, 0.2) is 35.0 Å². The van der Waals surface area contributed by atoms with Gasteiger partial charge in [-0.2, -0.15) is 4.98 Å². The maximum atomic E-state index is 15.2. The summed E-state index contributed by atoms with van der Waals surface area (Å²) >= 11 is 5.32. The molecule has 220 valence electrons. The summed E-state index contributed by atoms with van der Waals surface area (Å²) in [7, 11) is 0. The number of thiol groups is 1. The monoisotopic (exact) mass is 630 g/mol. The van der Waals surface area contributed by atoms with Crippen LogP contribution in [0.15, 0.2) is 23.8 Å². The van der Waals surface area contributed by atoms with Crippen molar-refractivity contribution < 1.29 is 33.5 Å². The molecule has 2 aliphatic heterocycles. The second kappa shape index (κ2) is 10.5. The van der Waals surface area contributed by atoms with E-state index >= 15 is 4.39 Å². The molecule has 21 heteroatoms. The number of nitrogen functional groups attached to an aromatic ring is 2. The molecule has 41 heavy (non-hydrogen) atoms. The Morgan fingerprint density at radius 3 is 2.63 bits per heavy atom. The highest BCUT2D eigenvalue weighted by Gasteiger charge is 2.54. The molecule has 2 aliphatic rings. The quantitative estimate of drug-likeness (QED) is 0.0974. The number of aliphatic hydroxyl groups excluding tert-OH is 3. The van der Waals surface area contributed by atoms with Crippen LogP contribution in [0.5, 0.6) is 0 Å². The zero-order valence-electron chi connectivity index (χ0n) is 20.7. The Hall–Kier alpha value is -2.84. The highest BCUT2D eigenvalue weighted by molar-refractivity contribution is 8.46. The van der Waals surface area contributed by atoms with E-state index in [0.29, 0.717) is 0 Å². The number of nitrogens with one attached hydrogen (secondary N) is 1. The first-order valence-corrected chi connectivity index (χ1v) is 15.8. The van der Waals surface area contributed by atoms with E-state index in [1.165, 1.54) is 28.1 Å². The molecule has 0 bridgehead atoms. The SMILES string of the molecule is Nc1nc2c(ncn2[C@@H]2S[C@H](CO)[C@@H](O)[C@H]2[P@](=O)(S)OC[C@H]2O[C@@H](n3cnc4c(N)ncnc43)[C@@H](F)[C@@H]2O)c(=O)[nH]1. The van der Waals surface area contributed by atoms with Crippen molar-refractivity contribution in [2.75, 3.05) is 24.7 Å². The van der Waals surface area contributed by atoms with Crippen LogP contribution in [-0.4, -0.2) is 103 Å². The van der Waals surface area contributed by atoms with Crippen LogP contribution in [-0.2, 0) is 13.8 Å². The van der Waals surface area contributed by atoms with Crippen LogP contribution in [0.1, 0.15) is 11.6 Å². The van der Waals surface area contributed by atoms with Gasteiger partial charge in [0, 0.05) is 0 Å². The molecule has 4 aromatic rings. The van der Waals surface area contributed by atoms with E-state index in [-0.39, 0.29) is 34.1 Å². The number of alkyl halides is 1. The van der Waals surface area contributed by atoms with E-state index in [4.69, 9.17) is 20.7 Å². The third-order valence-corrected chi connectivity index (χ3v) is 11.8. The molecule has 0 amide bonds. The van der Waals surface area contributed by atoms with E-state index in [1.54, 1.807) is 0 Å². The number of hydrogen-bond acceptors (Lipinski definition) is 15. The molecule has 0 saturated carbocycles. The molecule has 17 nitrogen and oxygen atoms in total. The third-order valence-electron chi connectivity index (χ3n) is 7.00. The van der Waals surface area contributed by atoms with Gasteiger partial charge in [0.2, 0.25) is 5.95 Å². The zero-order chi connectivity index (χ0) is 29.2. The fraction of sp³-hybridized carbons (Fsp3) is 0.500. The Morgan fingerprint density at radius 2 is 1.88 bits per heavy atom. The highest BCUT2D eigenvalue weighted by Crippen LogP contribution is 2.66. The lowest BCUT2D eigenvalue weighted by molar-refractivity contribution is -0.0408. The van der Waals surface area contributed by atoms with Crippen LogP contribution in [0.3, 0.4) is 0 Å². The number of anilines is 2. The first-order chi connectivity index (χ1) is 19.5. The number of thioether (sulfide) groups is 1. The Bertz CT molecular complexity index is 1720. The average molecular weight is 631 g/mol. The normalized spacial score (nSPS) is 31.7. The van der Waals surface area contributed by atoms with Crippen LogP contribution in [0, 0.1) is 0 Å². The number of nitrogens with zero attached hydrogens (tertiary/aromatic N) is 7. The fourth-order valence-corrected chi connectivity index (χ4v) is 10.0. The number of halogens is 1. The molecule has 6 rings (SSSR count). The van der Waals surface area contributed by atoms with Gasteiger partial charge < -0.3 is 40.6 Å². The number of imidazole rings is 2. The second-order valence-corrected chi connectivity index (χ2v) is 14.5. The van der Waals surface area contributed by atoms with Gasteiger partial charge in [-0.15, -0.1) is 11.8 Å². The summed E-state index contributed by atoms with van der Waals surface area (Å²) in [5, 5.41) is 29.7. The van der Waals surface area contributed by atoms with Gasteiger partial charge in [0.1, 0.15) is 29.7 Å². The zero-order valence-corrected chi connectivity index (χ0v) is 23.3. The lowest BCUT2D eigenvalue weighted by Crippen LogP contribution is -2.35. The van der Waals surface area contributed by atoms with Crippen molar-refractivity contribution >= 4 is 64.7 Å². The summed E-state index contributed by atoms with van der Waals surface area (Å²) in [5.41, 5.74) is 10.1. The topological polar surface area (TPSA) is 255 Å². The number of aliphatic hydroxyl groups is 3. The minimum absolute atomic E-state index is 0.0445. The van der Waals surface area contributed by atoms with E-state index in [2.05, 4.69) is 42.2 Å². The number of fused-ring (bicyclic) bond motifs is 2. The molecule has 2 fully saturated rings. The second-order valence-electron chi connectivity index (χ2n) is 9.45. The number of ether oxygens (including phenoxy) is 1. The van der Waals surface area contributed by atoms with E-state index in [1.807, 2.05) is 0 Å². The number of aromatic nitrogens is 8. The lowest BCUT2D eigenvalue weighted by Gasteiger charge is -2.28. The number of rotatable bonds is 7. The number of nitrogens with two attached hydrogens (primary N) is 2. The molecule has 6 heterocycles. The molecular formula is C20H24FN10O7PS2. The first-order valence-electron chi connectivity index (χ1n) is 12.1. The average Bonchev–Trinajstić information content (AvgIpc) is 3.68. The van der Waals surface area contributed by atoms with Crippen LogP contribution >= 0.6 is 30.6 Å². The lowest BCUT2D eigenvalue weighted by atomic mass is 10.1. The van der Waals surface area contributed by atoms with Crippen LogP contribution in [0.4, 0.5) is 16.2 Å². The van der Waals surface area contributed by atoms with Gasteiger partial charge in [-0.3, -0.25) is 18.9 Å². The minimum Gasteiger partial charge on any atom is -0.395 e.